The van der Waals surface area contributed by atoms with Crippen molar-refractivity contribution in [3.8, 4) is 0 Å². The molecule has 1 aliphatic heterocycles. The van der Waals surface area contributed by atoms with E-state index in [9.17, 15) is 5.11 Å². The Morgan fingerprint density at radius 3 is 2.93 bits per heavy atom. The molecule has 0 saturated heterocycles. The summed E-state index contributed by atoms with van der Waals surface area (Å²) in [7, 11) is 1.84. The van der Waals surface area contributed by atoms with Crippen LogP contribution in [0.3, 0.4) is 0 Å². The molecule has 1 aromatic heterocycles. The summed E-state index contributed by atoms with van der Waals surface area (Å²) in [6.45, 7) is 4.47. The molecule has 14 heavy (non-hydrogen) atoms. The number of aromatic amines is 1. The molecule has 0 spiro atoms. The second-order valence-corrected chi connectivity index (χ2v) is 3.80. The topological polar surface area (TPSA) is 60.1 Å². The molecule has 1 aromatic rings. The Morgan fingerprint density at radius 1 is 1.50 bits per heavy atom. The number of nitrogens with one attached hydrogen (secondary N) is 3. The van der Waals surface area contributed by atoms with Crippen LogP contribution in [0.1, 0.15) is 28.6 Å². The molecule has 0 aliphatic carbocycles. The Labute approximate surface area is 83.7 Å². The maximum Gasteiger partial charge on any atom is 0.106 e. The van der Waals surface area contributed by atoms with E-state index in [4.69, 9.17) is 0 Å². The summed E-state index contributed by atoms with van der Waals surface area (Å²) < 4.78 is 0. The van der Waals surface area contributed by atoms with Gasteiger partial charge in [-0.3, -0.25) is 0 Å². The van der Waals surface area contributed by atoms with Gasteiger partial charge in [-0.05, 0) is 25.1 Å². The Balaban J connectivity index is 2.27. The average molecular weight is 195 g/mol. The predicted molar refractivity (Wildman–Crippen MR) is 55.0 cm³/mol. The predicted octanol–water partition coefficient (Wildman–Crippen LogP) is 0.179. The molecule has 1 unspecified atom stereocenters. The number of aromatic nitrogens is 1. The molecule has 0 bridgehead atoms. The number of hydrogen-bond donors (Lipinski definition) is 4. The van der Waals surface area contributed by atoms with E-state index in [0.29, 0.717) is 6.54 Å². The Morgan fingerprint density at radius 2 is 2.29 bits per heavy atom. The second kappa shape index (κ2) is 3.73. The Hall–Kier alpha value is -0.840. The first-order valence-corrected chi connectivity index (χ1v) is 4.97. The summed E-state index contributed by atoms with van der Waals surface area (Å²) in [5, 5.41) is 16.1. The summed E-state index contributed by atoms with van der Waals surface area (Å²) >= 11 is 0. The number of fused-ring (bicyclic) bond motifs is 1. The van der Waals surface area contributed by atoms with Gasteiger partial charge in [0.1, 0.15) is 6.10 Å². The first kappa shape index (κ1) is 9.71. The summed E-state index contributed by atoms with van der Waals surface area (Å²) in [4.78, 5) is 3.29. The van der Waals surface area contributed by atoms with Crippen LogP contribution in [0.15, 0.2) is 0 Å². The van der Waals surface area contributed by atoms with E-state index in [0.717, 1.165) is 18.8 Å². The minimum absolute atomic E-state index is 0.425. The van der Waals surface area contributed by atoms with E-state index in [1.807, 2.05) is 7.05 Å². The van der Waals surface area contributed by atoms with Crippen molar-refractivity contribution in [3.63, 3.8) is 0 Å². The highest BCUT2D eigenvalue weighted by atomic mass is 16.3. The first-order valence-electron chi connectivity index (χ1n) is 4.97. The smallest absolute Gasteiger partial charge is 0.106 e. The maximum atomic E-state index is 9.84. The number of aliphatic hydroxyl groups is 1. The monoisotopic (exact) mass is 195 g/mol. The van der Waals surface area contributed by atoms with Crippen LogP contribution in [0.2, 0.25) is 0 Å². The van der Waals surface area contributed by atoms with Crippen molar-refractivity contribution in [2.75, 3.05) is 13.6 Å². The van der Waals surface area contributed by atoms with Crippen LogP contribution in [0.4, 0.5) is 0 Å². The van der Waals surface area contributed by atoms with Gasteiger partial charge < -0.3 is 20.7 Å². The SMILES string of the molecule is CNCC(O)c1[nH]c2c(c1C)CNC2. The molecule has 1 aliphatic rings. The van der Waals surface area contributed by atoms with Crippen molar-refractivity contribution < 1.29 is 5.11 Å². The van der Waals surface area contributed by atoms with Crippen LogP contribution >= 0.6 is 0 Å². The van der Waals surface area contributed by atoms with Crippen molar-refractivity contribution in [2.24, 2.45) is 0 Å². The highest BCUT2D eigenvalue weighted by molar-refractivity contribution is 5.39. The number of aliphatic hydroxyl groups excluding tert-OH is 1. The van der Waals surface area contributed by atoms with Gasteiger partial charge in [-0.2, -0.15) is 0 Å². The van der Waals surface area contributed by atoms with Crippen LogP contribution < -0.4 is 10.6 Å². The lowest BCUT2D eigenvalue weighted by Gasteiger charge is -2.10. The van der Waals surface area contributed by atoms with E-state index in [-0.39, 0.29) is 0 Å². The van der Waals surface area contributed by atoms with Crippen LogP contribution in [0.5, 0.6) is 0 Å². The second-order valence-electron chi connectivity index (χ2n) is 3.80. The third-order valence-corrected chi connectivity index (χ3v) is 2.84. The number of H-pyrrole nitrogens is 1. The molecule has 0 aromatic carbocycles. The number of hydrogen-bond acceptors (Lipinski definition) is 3. The quantitative estimate of drug-likeness (QED) is 0.556. The van der Waals surface area contributed by atoms with E-state index < -0.39 is 6.10 Å². The third-order valence-electron chi connectivity index (χ3n) is 2.84. The molecule has 2 rings (SSSR count). The lowest BCUT2D eigenvalue weighted by Crippen LogP contribution is -2.18. The molecule has 2 heterocycles. The van der Waals surface area contributed by atoms with Crippen molar-refractivity contribution in [1.82, 2.24) is 15.6 Å². The third kappa shape index (κ3) is 1.45. The van der Waals surface area contributed by atoms with E-state index in [1.165, 1.54) is 16.8 Å². The average Bonchev–Trinajstić information content (AvgIpc) is 2.69. The number of rotatable bonds is 3. The first-order chi connectivity index (χ1) is 6.74. The fourth-order valence-electron chi connectivity index (χ4n) is 2.05. The summed E-state index contributed by atoms with van der Waals surface area (Å²) in [6.07, 6.45) is -0.425. The highest BCUT2D eigenvalue weighted by Crippen LogP contribution is 2.26. The van der Waals surface area contributed by atoms with Crippen molar-refractivity contribution in [1.29, 1.82) is 0 Å². The molecular weight excluding hydrogens is 178 g/mol. The van der Waals surface area contributed by atoms with Crippen LogP contribution in [-0.4, -0.2) is 23.7 Å². The molecular formula is C10H17N3O. The van der Waals surface area contributed by atoms with Crippen LogP contribution in [0, 0.1) is 6.92 Å². The Bertz CT molecular complexity index is 332. The van der Waals surface area contributed by atoms with Gasteiger partial charge in [0.05, 0.1) is 0 Å². The molecule has 0 radical (unpaired) electrons. The minimum Gasteiger partial charge on any atom is -0.386 e. The zero-order valence-electron chi connectivity index (χ0n) is 8.65. The van der Waals surface area contributed by atoms with E-state index in [1.54, 1.807) is 0 Å². The molecule has 78 valence electrons. The molecule has 0 saturated carbocycles. The summed E-state index contributed by atoms with van der Waals surface area (Å²) in [5.74, 6) is 0. The molecule has 4 heteroatoms. The zero-order valence-corrected chi connectivity index (χ0v) is 8.65. The lowest BCUT2D eigenvalue weighted by atomic mass is 10.1. The van der Waals surface area contributed by atoms with E-state index >= 15 is 0 Å². The zero-order chi connectivity index (χ0) is 10.1. The van der Waals surface area contributed by atoms with Crippen LogP contribution in [0.25, 0.3) is 0 Å². The van der Waals surface area contributed by atoms with Gasteiger partial charge in [0.15, 0.2) is 0 Å². The van der Waals surface area contributed by atoms with E-state index in [2.05, 4.69) is 22.5 Å². The number of likely N-dealkylation sites (N-methyl/N-ethyl adjacent to an activating group) is 1. The lowest BCUT2D eigenvalue weighted by molar-refractivity contribution is 0.172. The van der Waals surface area contributed by atoms with Gasteiger partial charge in [-0.1, -0.05) is 0 Å². The van der Waals surface area contributed by atoms with Gasteiger partial charge in [0, 0.05) is 31.0 Å². The van der Waals surface area contributed by atoms with Crippen LogP contribution in [-0.2, 0) is 13.1 Å². The molecule has 4 N–H and O–H groups in total. The Kier molecular flexibility index (Phi) is 2.58. The van der Waals surface area contributed by atoms with Gasteiger partial charge in [0.2, 0.25) is 0 Å². The van der Waals surface area contributed by atoms with Crippen molar-refractivity contribution in [3.05, 3.63) is 22.5 Å². The van der Waals surface area contributed by atoms with Crippen molar-refractivity contribution >= 4 is 0 Å². The highest BCUT2D eigenvalue weighted by Gasteiger charge is 2.21. The summed E-state index contributed by atoms with van der Waals surface area (Å²) in [5.41, 5.74) is 4.72. The molecule has 1 atom stereocenters. The normalized spacial score (nSPS) is 17.1. The fourth-order valence-corrected chi connectivity index (χ4v) is 2.05. The van der Waals surface area contributed by atoms with Gasteiger partial charge in [0.25, 0.3) is 0 Å². The minimum atomic E-state index is -0.425. The molecule has 4 nitrogen and oxygen atoms in total. The fraction of sp³-hybridized carbons (Fsp3) is 0.600. The van der Waals surface area contributed by atoms with Gasteiger partial charge in [-0.15, -0.1) is 0 Å². The maximum absolute atomic E-state index is 9.84. The molecule has 0 fully saturated rings. The standard InChI is InChI=1S/C10H17N3O/c1-6-7-3-12-4-8(7)13-10(6)9(14)5-11-2/h9,11-14H,3-5H2,1-2H3. The van der Waals surface area contributed by atoms with Crippen molar-refractivity contribution in [2.45, 2.75) is 26.1 Å². The van der Waals surface area contributed by atoms with Gasteiger partial charge >= 0.3 is 0 Å². The van der Waals surface area contributed by atoms with Gasteiger partial charge in [-0.25, -0.2) is 0 Å². The molecule has 0 amide bonds. The largest absolute Gasteiger partial charge is 0.386 e. The summed E-state index contributed by atoms with van der Waals surface area (Å²) in [6, 6.07) is 0.